The van der Waals surface area contributed by atoms with Crippen LogP contribution in [-0.4, -0.2) is 17.1 Å². The highest BCUT2D eigenvalue weighted by atomic mass is 19.4. The summed E-state index contributed by atoms with van der Waals surface area (Å²) in [5.74, 6) is -0.279. The molecule has 0 aromatic carbocycles. The van der Waals surface area contributed by atoms with E-state index in [1.807, 2.05) is 0 Å². The molecule has 0 radical (unpaired) electrons. The normalized spacial score (nSPS) is 11.4. The molecule has 0 bridgehead atoms. The molecule has 0 fully saturated rings. The fraction of sp³-hybridized carbons (Fsp3) is 0.333. The number of nitrogen functional groups attached to an aromatic ring is 1. The average molecular weight is 193 g/mol. The zero-order chi connectivity index (χ0) is 10.1. The second-order valence-electron chi connectivity index (χ2n) is 2.16. The van der Waals surface area contributed by atoms with Gasteiger partial charge in [-0.15, -0.1) is 0 Å². The first-order valence-corrected chi connectivity index (χ1v) is 3.19. The van der Waals surface area contributed by atoms with Gasteiger partial charge in [-0.05, 0) is 0 Å². The van der Waals surface area contributed by atoms with Crippen LogP contribution < -0.4 is 10.5 Å². The molecule has 1 aromatic heterocycles. The molecule has 0 aliphatic heterocycles. The van der Waals surface area contributed by atoms with Gasteiger partial charge in [0.2, 0.25) is 0 Å². The number of methoxy groups -OCH3 is 1. The smallest absolute Gasteiger partial charge is 0.433 e. The molecule has 0 spiro atoms. The Morgan fingerprint density at radius 1 is 1.38 bits per heavy atom. The van der Waals surface area contributed by atoms with Crippen LogP contribution in [0.25, 0.3) is 0 Å². The summed E-state index contributed by atoms with van der Waals surface area (Å²) >= 11 is 0. The van der Waals surface area contributed by atoms with Crippen LogP contribution in [0.1, 0.15) is 5.69 Å². The standard InChI is InChI=1S/C6H6F3N3O/c1-13-5-11-3(6(7,8)9)2-4(10)12-5/h2H,1H3,(H2,10,11,12). The van der Waals surface area contributed by atoms with E-state index < -0.39 is 17.9 Å². The Morgan fingerprint density at radius 3 is 2.46 bits per heavy atom. The van der Waals surface area contributed by atoms with Crippen molar-refractivity contribution in [3.8, 4) is 6.01 Å². The predicted molar refractivity (Wildman–Crippen MR) is 38.0 cm³/mol. The van der Waals surface area contributed by atoms with Crippen molar-refractivity contribution in [2.24, 2.45) is 0 Å². The number of anilines is 1. The SMILES string of the molecule is COc1nc(N)cc(C(F)(F)F)n1. The summed E-state index contributed by atoms with van der Waals surface area (Å²) in [5.41, 5.74) is 3.99. The van der Waals surface area contributed by atoms with Crippen LogP contribution in [0.15, 0.2) is 6.07 Å². The first kappa shape index (κ1) is 9.56. The number of nitrogens with two attached hydrogens (primary N) is 1. The van der Waals surface area contributed by atoms with Crippen molar-refractivity contribution in [1.82, 2.24) is 9.97 Å². The summed E-state index contributed by atoms with van der Waals surface area (Å²) in [5, 5.41) is 0. The van der Waals surface area contributed by atoms with Gasteiger partial charge in [0, 0.05) is 6.07 Å². The Bertz CT molecular complexity index is 312. The summed E-state index contributed by atoms with van der Waals surface area (Å²) in [6.07, 6.45) is -4.54. The third-order valence-corrected chi connectivity index (χ3v) is 1.20. The molecule has 2 N–H and O–H groups in total. The number of rotatable bonds is 1. The maximum absolute atomic E-state index is 12.1. The van der Waals surface area contributed by atoms with Gasteiger partial charge in [-0.3, -0.25) is 0 Å². The van der Waals surface area contributed by atoms with Crippen LogP contribution in [0.3, 0.4) is 0 Å². The first-order valence-electron chi connectivity index (χ1n) is 3.19. The van der Waals surface area contributed by atoms with Gasteiger partial charge in [0.15, 0.2) is 5.69 Å². The van der Waals surface area contributed by atoms with Crippen molar-refractivity contribution >= 4 is 5.82 Å². The minimum Gasteiger partial charge on any atom is -0.467 e. The highest BCUT2D eigenvalue weighted by molar-refractivity contribution is 5.32. The van der Waals surface area contributed by atoms with Crippen molar-refractivity contribution in [1.29, 1.82) is 0 Å². The van der Waals surface area contributed by atoms with E-state index in [-0.39, 0.29) is 5.82 Å². The van der Waals surface area contributed by atoms with Crippen LogP contribution in [-0.2, 0) is 6.18 Å². The number of hydrogen-bond donors (Lipinski definition) is 1. The Labute approximate surface area is 71.6 Å². The van der Waals surface area contributed by atoms with Crippen LogP contribution >= 0.6 is 0 Å². The van der Waals surface area contributed by atoms with E-state index in [0.29, 0.717) is 6.07 Å². The number of nitrogens with zero attached hydrogens (tertiary/aromatic N) is 2. The van der Waals surface area contributed by atoms with Gasteiger partial charge in [-0.25, -0.2) is 0 Å². The quantitative estimate of drug-likeness (QED) is 0.725. The highest BCUT2D eigenvalue weighted by Gasteiger charge is 2.33. The van der Waals surface area contributed by atoms with Gasteiger partial charge < -0.3 is 10.5 Å². The van der Waals surface area contributed by atoms with E-state index in [4.69, 9.17) is 5.73 Å². The summed E-state index contributed by atoms with van der Waals surface area (Å²) in [6, 6.07) is 0.245. The van der Waals surface area contributed by atoms with Crippen LogP contribution in [0.5, 0.6) is 6.01 Å². The number of alkyl halides is 3. The lowest BCUT2D eigenvalue weighted by molar-refractivity contribution is -0.141. The Balaban J connectivity index is 3.16. The molecule has 0 aliphatic rings. The molecule has 1 heterocycles. The van der Waals surface area contributed by atoms with E-state index in [9.17, 15) is 13.2 Å². The van der Waals surface area contributed by atoms with Crippen LogP contribution in [0.4, 0.5) is 19.0 Å². The zero-order valence-corrected chi connectivity index (χ0v) is 6.59. The van der Waals surface area contributed by atoms with E-state index >= 15 is 0 Å². The second-order valence-corrected chi connectivity index (χ2v) is 2.16. The van der Waals surface area contributed by atoms with Crippen molar-refractivity contribution in [3.05, 3.63) is 11.8 Å². The third kappa shape index (κ3) is 2.20. The highest BCUT2D eigenvalue weighted by Crippen LogP contribution is 2.29. The average Bonchev–Trinajstić information content (AvgIpc) is 2.01. The minimum absolute atomic E-state index is 0.279. The molecule has 0 saturated heterocycles. The number of aromatic nitrogens is 2. The van der Waals surface area contributed by atoms with E-state index in [2.05, 4.69) is 14.7 Å². The van der Waals surface area contributed by atoms with E-state index in [1.54, 1.807) is 0 Å². The Morgan fingerprint density at radius 2 is 2.00 bits per heavy atom. The molecule has 0 atom stereocenters. The minimum atomic E-state index is -4.54. The lowest BCUT2D eigenvalue weighted by atomic mass is 10.4. The van der Waals surface area contributed by atoms with Gasteiger partial charge in [0.05, 0.1) is 7.11 Å². The molecule has 0 unspecified atom stereocenters. The molecule has 0 aliphatic carbocycles. The number of hydrogen-bond acceptors (Lipinski definition) is 4. The predicted octanol–water partition coefficient (Wildman–Crippen LogP) is 1.09. The lowest BCUT2D eigenvalue weighted by Gasteiger charge is -2.06. The molecule has 1 aromatic rings. The zero-order valence-electron chi connectivity index (χ0n) is 6.59. The summed E-state index contributed by atoms with van der Waals surface area (Å²) in [6.45, 7) is 0. The van der Waals surface area contributed by atoms with Gasteiger partial charge in [-0.2, -0.15) is 23.1 Å². The van der Waals surface area contributed by atoms with Crippen molar-refractivity contribution < 1.29 is 17.9 Å². The third-order valence-electron chi connectivity index (χ3n) is 1.20. The van der Waals surface area contributed by atoms with Gasteiger partial charge in [0.25, 0.3) is 0 Å². The van der Waals surface area contributed by atoms with Crippen molar-refractivity contribution in [2.45, 2.75) is 6.18 Å². The number of ether oxygens (including phenoxy) is 1. The van der Waals surface area contributed by atoms with E-state index in [0.717, 1.165) is 7.11 Å². The molecular weight excluding hydrogens is 187 g/mol. The van der Waals surface area contributed by atoms with Crippen LogP contribution in [0.2, 0.25) is 0 Å². The maximum Gasteiger partial charge on any atom is 0.433 e. The monoisotopic (exact) mass is 193 g/mol. The molecule has 72 valence electrons. The molecule has 1 rings (SSSR count). The summed E-state index contributed by atoms with van der Waals surface area (Å²) < 4.78 is 40.7. The van der Waals surface area contributed by atoms with Gasteiger partial charge >= 0.3 is 12.2 Å². The topological polar surface area (TPSA) is 61.0 Å². The fourth-order valence-electron chi connectivity index (χ4n) is 0.680. The maximum atomic E-state index is 12.1. The molecule has 0 amide bonds. The summed E-state index contributed by atoms with van der Waals surface area (Å²) in [7, 11) is 1.16. The Hall–Kier alpha value is -1.53. The second kappa shape index (κ2) is 3.08. The van der Waals surface area contributed by atoms with Crippen LogP contribution in [0, 0.1) is 0 Å². The van der Waals surface area contributed by atoms with Crippen molar-refractivity contribution in [3.63, 3.8) is 0 Å². The first-order chi connectivity index (χ1) is 5.93. The summed E-state index contributed by atoms with van der Waals surface area (Å²) in [4.78, 5) is 6.50. The van der Waals surface area contributed by atoms with Crippen molar-refractivity contribution in [2.75, 3.05) is 12.8 Å². The fourth-order valence-corrected chi connectivity index (χ4v) is 0.680. The molecule has 13 heavy (non-hydrogen) atoms. The largest absolute Gasteiger partial charge is 0.467 e. The van der Waals surface area contributed by atoms with E-state index in [1.165, 1.54) is 0 Å². The molecule has 7 heteroatoms. The molecule has 4 nitrogen and oxygen atoms in total. The van der Waals surface area contributed by atoms with Gasteiger partial charge in [0.1, 0.15) is 5.82 Å². The van der Waals surface area contributed by atoms with Gasteiger partial charge in [-0.1, -0.05) is 0 Å². The number of halogens is 3. The Kier molecular flexibility index (Phi) is 2.26. The molecule has 0 saturated carbocycles. The molecular formula is C6H6F3N3O. The lowest BCUT2D eigenvalue weighted by Crippen LogP contribution is -2.10.